The van der Waals surface area contributed by atoms with Crippen molar-refractivity contribution in [2.45, 2.75) is 25.9 Å². The fourth-order valence-electron chi connectivity index (χ4n) is 4.28. The maximum atomic E-state index is 13.3. The van der Waals surface area contributed by atoms with E-state index in [0.717, 1.165) is 24.2 Å². The Morgan fingerprint density at radius 1 is 1.19 bits per heavy atom. The van der Waals surface area contributed by atoms with Gasteiger partial charge in [0.25, 0.3) is 5.91 Å². The smallest absolute Gasteiger partial charge is 0.316 e. The summed E-state index contributed by atoms with van der Waals surface area (Å²) in [6, 6.07) is 6.45. The Kier molecular flexibility index (Phi) is 5.06. The molecule has 1 aromatic carbocycles. The highest BCUT2D eigenvalue weighted by Gasteiger charge is 2.25. The maximum Gasteiger partial charge on any atom is 0.316 e. The van der Waals surface area contributed by atoms with Crippen LogP contribution in [0.15, 0.2) is 43.0 Å². The second kappa shape index (κ2) is 8.04. The molecule has 0 aliphatic carbocycles. The van der Waals surface area contributed by atoms with Gasteiger partial charge in [-0.25, -0.2) is 14.5 Å². The van der Waals surface area contributed by atoms with Crippen LogP contribution in [0.2, 0.25) is 0 Å². The molecule has 1 aliphatic rings. The molecule has 2 atom stereocenters. The number of benzene rings is 1. The Labute approximate surface area is 184 Å². The molecular weight excluding hydrogens is 408 g/mol. The van der Waals surface area contributed by atoms with Crippen molar-refractivity contribution >= 4 is 33.8 Å². The first-order chi connectivity index (χ1) is 15.5. The van der Waals surface area contributed by atoms with Gasteiger partial charge in [-0.2, -0.15) is 10.1 Å². The molecule has 2 N–H and O–H groups in total. The van der Waals surface area contributed by atoms with Crippen molar-refractivity contribution in [2.75, 3.05) is 30.4 Å². The summed E-state index contributed by atoms with van der Waals surface area (Å²) in [6.45, 7) is 6.03. The van der Waals surface area contributed by atoms with Gasteiger partial charge in [-0.1, -0.05) is 0 Å². The third-order valence-corrected chi connectivity index (χ3v) is 5.56. The van der Waals surface area contributed by atoms with E-state index in [1.165, 1.54) is 7.11 Å². The number of hydrogen-bond donors (Lipinski definition) is 2. The van der Waals surface area contributed by atoms with E-state index in [4.69, 9.17) is 4.74 Å². The van der Waals surface area contributed by atoms with Crippen LogP contribution < -0.4 is 20.3 Å². The van der Waals surface area contributed by atoms with Gasteiger partial charge in [-0.3, -0.25) is 4.79 Å². The summed E-state index contributed by atoms with van der Waals surface area (Å²) in [5, 5.41) is 11.5. The summed E-state index contributed by atoms with van der Waals surface area (Å²) in [5.74, 6) is -0.301. The maximum absolute atomic E-state index is 13.3. The number of nitrogens with one attached hydrogen (secondary N) is 2. The number of amides is 1. The van der Waals surface area contributed by atoms with Gasteiger partial charge in [0.2, 0.25) is 0 Å². The topological polar surface area (TPSA) is 110 Å². The summed E-state index contributed by atoms with van der Waals surface area (Å²) in [6.07, 6.45) is 6.73. The number of carbonyl (C=O) groups is 1. The van der Waals surface area contributed by atoms with Crippen molar-refractivity contribution in [1.82, 2.24) is 29.9 Å². The Bertz CT molecular complexity index is 1290. The van der Waals surface area contributed by atoms with Crippen LogP contribution in [-0.4, -0.2) is 62.8 Å². The number of fused-ring (bicyclic) bond motifs is 2. The van der Waals surface area contributed by atoms with Gasteiger partial charge in [0.1, 0.15) is 5.69 Å². The van der Waals surface area contributed by atoms with E-state index in [9.17, 15) is 4.79 Å². The van der Waals surface area contributed by atoms with E-state index >= 15 is 0 Å². The predicted molar refractivity (Wildman–Crippen MR) is 121 cm³/mol. The van der Waals surface area contributed by atoms with Crippen molar-refractivity contribution in [2.24, 2.45) is 0 Å². The molecule has 32 heavy (non-hydrogen) atoms. The van der Waals surface area contributed by atoms with Gasteiger partial charge in [0.05, 0.1) is 24.4 Å². The van der Waals surface area contributed by atoms with Crippen molar-refractivity contribution in [1.29, 1.82) is 0 Å². The van der Waals surface area contributed by atoms with E-state index in [-0.39, 0.29) is 11.9 Å². The summed E-state index contributed by atoms with van der Waals surface area (Å²) in [7, 11) is 1.51. The fourth-order valence-corrected chi connectivity index (χ4v) is 4.28. The van der Waals surface area contributed by atoms with Crippen LogP contribution in [0, 0.1) is 0 Å². The van der Waals surface area contributed by atoms with E-state index < -0.39 is 0 Å². The molecule has 0 bridgehead atoms. The molecule has 3 aromatic heterocycles. The molecule has 4 aromatic rings. The molecule has 1 saturated heterocycles. The lowest BCUT2D eigenvalue weighted by Crippen LogP contribution is -2.54. The van der Waals surface area contributed by atoms with Crippen LogP contribution in [0.4, 0.5) is 11.4 Å². The van der Waals surface area contributed by atoms with Gasteiger partial charge in [0, 0.05) is 54.8 Å². The third-order valence-electron chi connectivity index (χ3n) is 5.56. The highest BCUT2D eigenvalue weighted by molar-refractivity contribution is 6.14. The molecular formula is C22H24N8O2. The normalized spacial score (nSPS) is 18.8. The second-order valence-corrected chi connectivity index (χ2v) is 8.03. The molecule has 4 heterocycles. The summed E-state index contributed by atoms with van der Waals surface area (Å²) >= 11 is 0. The number of piperazine rings is 1. The molecule has 1 aliphatic heterocycles. The minimum absolute atomic E-state index is 0.211. The summed E-state index contributed by atoms with van der Waals surface area (Å²) < 4.78 is 6.85. The summed E-state index contributed by atoms with van der Waals surface area (Å²) in [4.78, 5) is 28.7. The summed E-state index contributed by atoms with van der Waals surface area (Å²) in [5.41, 5.74) is 3.06. The quantitative estimate of drug-likeness (QED) is 0.505. The Hall–Kier alpha value is -3.79. The minimum atomic E-state index is -0.301. The first-order valence-corrected chi connectivity index (χ1v) is 10.5. The zero-order valence-electron chi connectivity index (χ0n) is 18.1. The van der Waals surface area contributed by atoms with E-state index in [2.05, 4.69) is 49.4 Å². The largest absolute Gasteiger partial charge is 0.467 e. The number of ether oxygens (including phenoxy) is 1. The molecule has 0 spiro atoms. The number of nitrogens with zero attached hydrogens (tertiary/aromatic N) is 6. The zero-order valence-corrected chi connectivity index (χ0v) is 18.1. The van der Waals surface area contributed by atoms with Crippen LogP contribution in [0.25, 0.3) is 16.6 Å². The molecule has 0 unspecified atom stereocenters. The lowest BCUT2D eigenvalue weighted by atomic mass is 10.0. The number of hydrogen-bond acceptors (Lipinski definition) is 8. The average molecular weight is 432 g/mol. The van der Waals surface area contributed by atoms with Crippen molar-refractivity contribution in [3.05, 3.63) is 48.5 Å². The standard InChI is InChI=1S/C22H24N8O2/c1-13-11-29(12-14(2)26-13)18-6-5-15(19-16(18)9-24-22(28-19)32-3)21(31)27-17-10-25-30-8-4-7-23-20(17)30/h4-10,13-14,26H,11-12H2,1-3H3,(H,27,31)/t13-,14-/m0/s1. The monoisotopic (exact) mass is 432 g/mol. The predicted octanol–water partition coefficient (Wildman–Crippen LogP) is 2.12. The van der Waals surface area contributed by atoms with Gasteiger partial charge < -0.3 is 20.3 Å². The number of methoxy groups -OCH3 is 1. The lowest BCUT2D eigenvalue weighted by Gasteiger charge is -2.38. The Morgan fingerprint density at radius 3 is 2.78 bits per heavy atom. The van der Waals surface area contributed by atoms with Gasteiger partial charge in [-0.05, 0) is 32.0 Å². The SMILES string of the molecule is COc1ncc2c(N3C[C@H](C)N[C@@H](C)C3)ccc(C(=O)Nc3cnn4cccnc34)c2n1. The highest BCUT2D eigenvalue weighted by Crippen LogP contribution is 2.31. The van der Waals surface area contributed by atoms with E-state index in [1.54, 1.807) is 41.4 Å². The van der Waals surface area contributed by atoms with Crippen LogP contribution >= 0.6 is 0 Å². The number of anilines is 2. The van der Waals surface area contributed by atoms with Gasteiger partial charge >= 0.3 is 6.01 Å². The Balaban J connectivity index is 1.56. The van der Waals surface area contributed by atoms with Crippen molar-refractivity contribution in [3.63, 3.8) is 0 Å². The van der Waals surface area contributed by atoms with Gasteiger partial charge in [0.15, 0.2) is 5.65 Å². The molecule has 10 heteroatoms. The minimum Gasteiger partial charge on any atom is -0.467 e. The van der Waals surface area contributed by atoms with Crippen LogP contribution in [0.1, 0.15) is 24.2 Å². The fraction of sp³-hybridized carbons (Fsp3) is 0.318. The molecule has 5 rings (SSSR count). The number of rotatable bonds is 4. The van der Waals surface area contributed by atoms with Crippen LogP contribution in [-0.2, 0) is 0 Å². The van der Waals surface area contributed by atoms with Crippen LogP contribution in [0.3, 0.4) is 0 Å². The van der Waals surface area contributed by atoms with Crippen molar-refractivity contribution in [3.8, 4) is 6.01 Å². The van der Waals surface area contributed by atoms with Crippen molar-refractivity contribution < 1.29 is 9.53 Å². The average Bonchev–Trinajstić information content (AvgIpc) is 3.20. The molecule has 0 saturated carbocycles. The Morgan fingerprint density at radius 2 is 2.00 bits per heavy atom. The second-order valence-electron chi connectivity index (χ2n) is 8.03. The van der Waals surface area contributed by atoms with Gasteiger partial charge in [-0.15, -0.1) is 0 Å². The molecule has 10 nitrogen and oxygen atoms in total. The molecule has 1 amide bonds. The zero-order chi connectivity index (χ0) is 22.2. The van der Waals surface area contributed by atoms with Crippen LogP contribution in [0.5, 0.6) is 6.01 Å². The van der Waals surface area contributed by atoms with E-state index in [0.29, 0.717) is 34.5 Å². The first kappa shape index (κ1) is 20.1. The lowest BCUT2D eigenvalue weighted by molar-refractivity contribution is 0.102. The number of carbonyl (C=O) groups excluding carboxylic acids is 1. The first-order valence-electron chi connectivity index (χ1n) is 10.5. The third kappa shape index (κ3) is 3.58. The number of aromatic nitrogens is 5. The molecule has 1 fully saturated rings. The highest BCUT2D eigenvalue weighted by atomic mass is 16.5. The van der Waals surface area contributed by atoms with E-state index in [1.807, 2.05) is 6.07 Å². The molecule has 164 valence electrons. The molecule has 0 radical (unpaired) electrons.